The second kappa shape index (κ2) is 11.5. The average Bonchev–Trinajstić information content (AvgIpc) is 3.63. The van der Waals surface area contributed by atoms with Gasteiger partial charge in [0.05, 0.1) is 18.9 Å². The summed E-state index contributed by atoms with van der Waals surface area (Å²) in [5.74, 6) is -0.286. The maximum absolute atomic E-state index is 13.0. The second-order valence-electron chi connectivity index (χ2n) is 8.90. The van der Waals surface area contributed by atoms with Gasteiger partial charge in [-0.3, -0.25) is 14.5 Å². The third-order valence-electron chi connectivity index (χ3n) is 6.46. The number of morpholine rings is 1. The van der Waals surface area contributed by atoms with Crippen LogP contribution in [0.15, 0.2) is 60.0 Å². The Morgan fingerprint density at radius 1 is 1.03 bits per heavy atom. The van der Waals surface area contributed by atoms with Gasteiger partial charge in [-0.25, -0.2) is 9.78 Å². The standard InChI is InChI=1S/C27H28N4O5S/c32-24(23-7-4-12-31(23)27(34)36-17-19-5-2-1-3-6-19)29-26-28-22(18-37-26)20-8-10-21(11-9-20)25(33)30-13-15-35-16-14-30/h1-3,5-6,8-11,18,23H,4,7,12-17H2,(H,28,29,32)/t23-/m1/s1. The summed E-state index contributed by atoms with van der Waals surface area (Å²) in [6.45, 7) is 2.95. The fourth-order valence-corrected chi connectivity index (χ4v) is 5.17. The lowest BCUT2D eigenvalue weighted by Crippen LogP contribution is -2.43. The van der Waals surface area contributed by atoms with Crippen LogP contribution in [0.3, 0.4) is 0 Å². The van der Waals surface area contributed by atoms with Gasteiger partial charge >= 0.3 is 6.09 Å². The molecule has 0 saturated carbocycles. The monoisotopic (exact) mass is 520 g/mol. The zero-order valence-electron chi connectivity index (χ0n) is 20.3. The van der Waals surface area contributed by atoms with Crippen molar-refractivity contribution < 1.29 is 23.9 Å². The molecule has 2 aliphatic heterocycles. The molecule has 3 aromatic rings. The van der Waals surface area contributed by atoms with Gasteiger partial charge in [-0.15, -0.1) is 11.3 Å². The predicted molar refractivity (Wildman–Crippen MR) is 139 cm³/mol. The molecular weight excluding hydrogens is 492 g/mol. The summed E-state index contributed by atoms with van der Waals surface area (Å²) in [4.78, 5) is 46.1. The largest absolute Gasteiger partial charge is 0.445 e. The van der Waals surface area contributed by atoms with E-state index in [0.29, 0.717) is 55.7 Å². The molecule has 5 rings (SSSR count). The van der Waals surface area contributed by atoms with Gasteiger partial charge in [0.25, 0.3) is 5.91 Å². The first-order valence-electron chi connectivity index (χ1n) is 12.3. The SMILES string of the molecule is O=C(Nc1nc(-c2ccc(C(=O)N3CCOCC3)cc2)cs1)[C@H]1CCCN1C(=O)OCc1ccccc1. The van der Waals surface area contributed by atoms with Gasteiger partial charge in [0, 0.05) is 36.1 Å². The third kappa shape index (κ3) is 5.98. The van der Waals surface area contributed by atoms with Crippen LogP contribution in [0.2, 0.25) is 0 Å². The predicted octanol–water partition coefficient (Wildman–Crippen LogP) is 4.02. The van der Waals surface area contributed by atoms with Crippen molar-refractivity contribution in [1.29, 1.82) is 0 Å². The van der Waals surface area contributed by atoms with Crippen LogP contribution in [0, 0.1) is 0 Å². The smallest absolute Gasteiger partial charge is 0.410 e. The Kier molecular flexibility index (Phi) is 7.76. The normalized spacial score (nSPS) is 17.5. The quantitative estimate of drug-likeness (QED) is 0.527. The Bertz CT molecular complexity index is 1240. The van der Waals surface area contributed by atoms with Crippen molar-refractivity contribution in [3.63, 3.8) is 0 Å². The van der Waals surface area contributed by atoms with Crippen molar-refractivity contribution in [3.8, 4) is 11.3 Å². The number of benzene rings is 2. The molecule has 3 heterocycles. The van der Waals surface area contributed by atoms with Crippen molar-refractivity contribution in [1.82, 2.24) is 14.8 Å². The average molecular weight is 521 g/mol. The number of aromatic nitrogens is 1. The van der Waals surface area contributed by atoms with Crippen LogP contribution in [-0.4, -0.2) is 71.6 Å². The fourth-order valence-electron chi connectivity index (χ4n) is 4.45. The summed E-state index contributed by atoms with van der Waals surface area (Å²) in [5, 5.41) is 5.16. The lowest BCUT2D eigenvalue weighted by molar-refractivity contribution is -0.120. The van der Waals surface area contributed by atoms with Gasteiger partial charge in [-0.05, 0) is 30.5 Å². The first-order valence-corrected chi connectivity index (χ1v) is 13.2. The molecule has 9 nitrogen and oxygen atoms in total. The van der Waals surface area contributed by atoms with Gasteiger partial charge in [0.1, 0.15) is 12.6 Å². The molecule has 2 saturated heterocycles. The number of nitrogens with one attached hydrogen (secondary N) is 1. The maximum atomic E-state index is 13.0. The summed E-state index contributed by atoms with van der Waals surface area (Å²) >= 11 is 1.32. The minimum Gasteiger partial charge on any atom is -0.445 e. The Morgan fingerprint density at radius 2 is 1.78 bits per heavy atom. The molecule has 0 bridgehead atoms. The van der Waals surface area contributed by atoms with Gasteiger partial charge < -0.3 is 19.7 Å². The van der Waals surface area contributed by atoms with E-state index in [9.17, 15) is 14.4 Å². The lowest BCUT2D eigenvalue weighted by Gasteiger charge is -2.26. The number of anilines is 1. The highest BCUT2D eigenvalue weighted by Gasteiger charge is 2.35. The molecule has 2 aromatic carbocycles. The summed E-state index contributed by atoms with van der Waals surface area (Å²) in [5.41, 5.74) is 3.07. The molecule has 0 aliphatic carbocycles. The number of ether oxygens (including phenoxy) is 2. The number of hydrogen-bond acceptors (Lipinski definition) is 7. The minimum atomic E-state index is -0.596. The number of thiazole rings is 1. The molecule has 1 aromatic heterocycles. The number of rotatable bonds is 6. The highest BCUT2D eigenvalue weighted by Crippen LogP contribution is 2.27. The van der Waals surface area contributed by atoms with E-state index in [1.165, 1.54) is 16.2 Å². The lowest BCUT2D eigenvalue weighted by atomic mass is 10.1. The van der Waals surface area contributed by atoms with Crippen LogP contribution in [0.5, 0.6) is 0 Å². The van der Waals surface area contributed by atoms with Crippen molar-refractivity contribution >= 4 is 34.4 Å². The number of amides is 3. The topological polar surface area (TPSA) is 101 Å². The molecule has 10 heteroatoms. The van der Waals surface area contributed by atoms with Crippen molar-refractivity contribution in [3.05, 3.63) is 71.1 Å². The van der Waals surface area contributed by atoms with Crippen LogP contribution in [0.4, 0.5) is 9.93 Å². The first-order chi connectivity index (χ1) is 18.1. The van der Waals surface area contributed by atoms with E-state index in [0.717, 1.165) is 17.5 Å². The molecule has 0 radical (unpaired) electrons. The molecule has 1 atom stereocenters. The Morgan fingerprint density at radius 3 is 2.54 bits per heavy atom. The van der Waals surface area contributed by atoms with Crippen LogP contribution in [0.25, 0.3) is 11.3 Å². The number of hydrogen-bond donors (Lipinski definition) is 1. The summed E-state index contributed by atoms with van der Waals surface area (Å²) < 4.78 is 10.7. The van der Waals surface area contributed by atoms with Gasteiger partial charge in [0.15, 0.2) is 5.13 Å². The number of likely N-dealkylation sites (tertiary alicyclic amines) is 1. The van der Waals surface area contributed by atoms with Crippen LogP contribution < -0.4 is 5.32 Å². The van der Waals surface area contributed by atoms with Crippen LogP contribution in [0.1, 0.15) is 28.8 Å². The van der Waals surface area contributed by atoms with Crippen molar-refractivity contribution in [2.24, 2.45) is 0 Å². The summed E-state index contributed by atoms with van der Waals surface area (Å²) in [6.07, 6.45) is 0.813. The zero-order chi connectivity index (χ0) is 25.6. The summed E-state index contributed by atoms with van der Waals surface area (Å²) in [6, 6.07) is 16.2. The van der Waals surface area contributed by atoms with E-state index in [4.69, 9.17) is 9.47 Å². The maximum Gasteiger partial charge on any atom is 0.410 e. The second-order valence-corrected chi connectivity index (χ2v) is 9.76. The fraction of sp³-hybridized carbons (Fsp3) is 0.333. The molecule has 0 unspecified atom stereocenters. The molecule has 37 heavy (non-hydrogen) atoms. The molecule has 2 aliphatic rings. The highest BCUT2D eigenvalue weighted by molar-refractivity contribution is 7.14. The Labute approximate surface area is 219 Å². The third-order valence-corrected chi connectivity index (χ3v) is 7.21. The number of carbonyl (C=O) groups excluding carboxylic acids is 3. The molecule has 192 valence electrons. The van der Waals surface area contributed by atoms with Gasteiger partial charge in [-0.2, -0.15) is 0 Å². The molecule has 3 amide bonds. The molecular formula is C27H28N4O5S. The molecule has 2 fully saturated rings. The Hall–Kier alpha value is -3.76. The Balaban J connectivity index is 1.17. The van der Waals surface area contributed by atoms with E-state index in [2.05, 4.69) is 10.3 Å². The van der Waals surface area contributed by atoms with Gasteiger partial charge in [-0.1, -0.05) is 42.5 Å². The van der Waals surface area contributed by atoms with E-state index in [1.54, 1.807) is 17.0 Å². The first kappa shape index (κ1) is 24.9. The number of carbonyl (C=O) groups is 3. The van der Waals surface area contributed by atoms with Crippen molar-refractivity contribution in [2.45, 2.75) is 25.5 Å². The van der Waals surface area contributed by atoms with E-state index in [-0.39, 0.29) is 18.4 Å². The van der Waals surface area contributed by atoms with Crippen molar-refractivity contribution in [2.75, 3.05) is 38.2 Å². The van der Waals surface area contributed by atoms with E-state index >= 15 is 0 Å². The van der Waals surface area contributed by atoms with Gasteiger partial charge in [0.2, 0.25) is 5.91 Å². The van der Waals surface area contributed by atoms with Crippen LogP contribution >= 0.6 is 11.3 Å². The van der Waals surface area contributed by atoms with E-state index in [1.807, 2.05) is 47.8 Å². The highest BCUT2D eigenvalue weighted by atomic mass is 32.1. The van der Waals surface area contributed by atoms with Crippen LogP contribution in [-0.2, 0) is 20.9 Å². The summed E-state index contributed by atoms with van der Waals surface area (Å²) in [7, 11) is 0. The number of nitrogens with zero attached hydrogens (tertiary/aromatic N) is 3. The molecule has 1 N–H and O–H groups in total. The molecule has 0 spiro atoms. The zero-order valence-corrected chi connectivity index (χ0v) is 21.1. The minimum absolute atomic E-state index is 0.00973. The van der Waals surface area contributed by atoms with E-state index < -0.39 is 12.1 Å².